The molecule has 3 rings (SSSR count). The largest absolute Gasteiger partial charge is 0.480 e. The first-order valence-electron chi connectivity index (χ1n) is 7.55. The van der Waals surface area contributed by atoms with Crippen LogP contribution in [0, 0.1) is 0 Å². The molecule has 24 heavy (non-hydrogen) atoms. The van der Waals surface area contributed by atoms with E-state index in [1.807, 2.05) is 0 Å². The van der Waals surface area contributed by atoms with E-state index in [0.717, 1.165) is 9.15 Å². The molecule has 1 saturated carbocycles. The first-order chi connectivity index (χ1) is 11.3. The van der Waals surface area contributed by atoms with Crippen LogP contribution in [0.4, 0.5) is 0 Å². The van der Waals surface area contributed by atoms with Crippen LogP contribution >= 0.6 is 15.9 Å². The lowest BCUT2D eigenvalue weighted by molar-refractivity contribution is -0.125. The van der Waals surface area contributed by atoms with Gasteiger partial charge in [0.1, 0.15) is 6.54 Å². The number of aromatic nitrogens is 2. The standard InChI is InChI=1S/C16H18BrN3O4/c1-16(23)6-10(7-16)18-13(21)8-20-15(22)11-4-3-9(17)5-12(11)14(19-20)24-2/h3-5,10,23H,6-8H2,1-2H3,(H,18,21). The SMILES string of the molecule is COc1nn(CC(=O)NC2CC(C)(O)C2)c(=O)c2ccc(Br)cc12. The molecule has 128 valence electrons. The van der Waals surface area contributed by atoms with E-state index in [9.17, 15) is 14.7 Å². The third-order valence-electron chi connectivity index (χ3n) is 4.11. The zero-order chi connectivity index (χ0) is 17.5. The number of halogens is 1. The summed E-state index contributed by atoms with van der Waals surface area (Å²) in [6.07, 6.45) is 1.02. The maximum Gasteiger partial charge on any atom is 0.275 e. The van der Waals surface area contributed by atoms with Gasteiger partial charge in [-0.25, -0.2) is 4.68 Å². The maximum absolute atomic E-state index is 12.5. The Morgan fingerprint density at radius 3 is 2.83 bits per heavy atom. The molecule has 1 aliphatic carbocycles. The summed E-state index contributed by atoms with van der Waals surface area (Å²) in [5, 5.41) is 17.6. The fourth-order valence-electron chi connectivity index (χ4n) is 3.00. The molecule has 2 N–H and O–H groups in total. The Kier molecular flexibility index (Phi) is 4.35. The van der Waals surface area contributed by atoms with Gasteiger partial charge >= 0.3 is 0 Å². The molecule has 1 amide bonds. The monoisotopic (exact) mass is 395 g/mol. The molecule has 0 atom stereocenters. The number of methoxy groups -OCH3 is 1. The van der Waals surface area contributed by atoms with Crippen LogP contribution in [0.2, 0.25) is 0 Å². The molecule has 0 bridgehead atoms. The van der Waals surface area contributed by atoms with Crippen molar-refractivity contribution < 1.29 is 14.6 Å². The second kappa shape index (κ2) is 6.18. The van der Waals surface area contributed by atoms with Gasteiger partial charge in [0.05, 0.1) is 23.5 Å². The molecule has 1 aromatic heterocycles. The van der Waals surface area contributed by atoms with Gasteiger partial charge in [-0.05, 0) is 38.0 Å². The first kappa shape index (κ1) is 16.9. The summed E-state index contributed by atoms with van der Waals surface area (Å²) in [5.41, 5.74) is -1.07. The number of fused-ring (bicyclic) bond motifs is 1. The van der Waals surface area contributed by atoms with Gasteiger partial charge in [0, 0.05) is 10.5 Å². The maximum atomic E-state index is 12.5. The molecule has 8 heteroatoms. The van der Waals surface area contributed by atoms with Gasteiger partial charge in [-0.3, -0.25) is 9.59 Å². The second-order valence-electron chi connectivity index (χ2n) is 6.33. The van der Waals surface area contributed by atoms with Gasteiger partial charge in [0.25, 0.3) is 5.56 Å². The van der Waals surface area contributed by atoms with Crippen molar-refractivity contribution in [2.75, 3.05) is 7.11 Å². The number of nitrogens with one attached hydrogen (secondary N) is 1. The number of hydrogen-bond donors (Lipinski definition) is 2. The van der Waals surface area contributed by atoms with Crippen molar-refractivity contribution in [2.45, 2.75) is 38.0 Å². The molecular formula is C16H18BrN3O4. The summed E-state index contributed by atoms with van der Waals surface area (Å²) in [5.74, 6) is -0.0334. The summed E-state index contributed by atoms with van der Waals surface area (Å²) >= 11 is 3.35. The predicted octanol–water partition coefficient (Wildman–Crippen LogP) is 1.20. The Hall–Kier alpha value is -1.93. The van der Waals surface area contributed by atoms with Gasteiger partial charge in [-0.1, -0.05) is 15.9 Å². The third kappa shape index (κ3) is 3.29. The Morgan fingerprint density at radius 2 is 2.21 bits per heavy atom. The average molecular weight is 396 g/mol. The number of hydrogen-bond acceptors (Lipinski definition) is 5. The number of aliphatic hydroxyl groups is 1. The zero-order valence-corrected chi connectivity index (χ0v) is 15.0. The van der Waals surface area contributed by atoms with Crippen molar-refractivity contribution in [3.05, 3.63) is 33.0 Å². The van der Waals surface area contributed by atoms with Crippen LogP contribution in [0.3, 0.4) is 0 Å². The summed E-state index contributed by atoms with van der Waals surface area (Å²) in [6.45, 7) is 1.54. The molecule has 0 aliphatic heterocycles. The summed E-state index contributed by atoms with van der Waals surface area (Å²) < 4.78 is 7.15. The van der Waals surface area contributed by atoms with Crippen LogP contribution < -0.4 is 15.6 Å². The number of rotatable bonds is 4. The molecule has 1 fully saturated rings. The molecule has 1 aromatic carbocycles. The summed E-state index contributed by atoms with van der Waals surface area (Å²) in [4.78, 5) is 24.7. The highest BCUT2D eigenvalue weighted by atomic mass is 79.9. The lowest BCUT2D eigenvalue weighted by Crippen LogP contribution is -2.54. The van der Waals surface area contributed by atoms with Crippen molar-refractivity contribution in [3.8, 4) is 5.88 Å². The van der Waals surface area contributed by atoms with Crippen molar-refractivity contribution >= 4 is 32.6 Å². The average Bonchev–Trinajstić information content (AvgIpc) is 2.48. The summed E-state index contributed by atoms with van der Waals surface area (Å²) in [7, 11) is 1.47. The first-order valence-corrected chi connectivity index (χ1v) is 8.34. The van der Waals surface area contributed by atoms with Crippen LogP contribution in [-0.4, -0.2) is 39.5 Å². The van der Waals surface area contributed by atoms with E-state index in [1.54, 1.807) is 25.1 Å². The topological polar surface area (TPSA) is 93.5 Å². The Labute approximate surface area is 146 Å². The van der Waals surface area contributed by atoms with E-state index < -0.39 is 5.60 Å². The fourth-order valence-corrected chi connectivity index (χ4v) is 3.36. The molecule has 0 unspecified atom stereocenters. The molecule has 2 aromatic rings. The van der Waals surface area contributed by atoms with Crippen molar-refractivity contribution in [2.24, 2.45) is 0 Å². The predicted molar refractivity (Wildman–Crippen MR) is 92.0 cm³/mol. The van der Waals surface area contributed by atoms with Crippen LogP contribution in [0.5, 0.6) is 5.88 Å². The molecule has 7 nitrogen and oxygen atoms in total. The van der Waals surface area contributed by atoms with Crippen LogP contribution in [-0.2, 0) is 11.3 Å². The fraction of sp³-hybridized carbons (Fsp3) is 0.438. The number of benzene rings is 1. The van der Waals surface area contributed by atoms with Gasteiger partial charge < -0.3 is 15.2 Å². The van der Waals surface area contributed by atoms with Crippen molar-refractivity contribution in [1.82, 2.24) is 15.1 Å². The van der Waals surface area contributed by atoms with E-state index in [2.05, 4.69) is 26.3 Å². The number of amides is 1. The smallest absolute Gasteiger partial charge is 0.275 e. The van der Waals surface area contributed by atoms with Crippen molar-refractivity contribution in [1.29, 1.82) is 0 Å². The third-order valence-corrected chi connectivity index (χ3v) is 4.61. The molecule has 0 radical (unpaired) electrons. The van der Waals surface area contributed by atoms with Gasteiger partial charge in [0.2, 0.25) is 11.8 Å². The molecule has 0 saturated heterocycles. The minimum Gasteiger partial charge on any atom is -0.480 e. The van der Waals surface area contributed by atoms with Gasteiger partial charge in [-0.2, -0.15) is 0 Å². The Balaban J connectivity index is 1.84. The van der Waals surface area contributed by atoms with Gasteiger partial charge in [0.15, 0.2) is 0 Å². The van der Waals surface area contributed by atoms with E-state index in [4.69, 9.17) is 4.74 Å². The number of nitrogens with zero attached hydrogens (tertiary/aromatic N) is 2. The lowest BCUT2D eigenvalue weighted by Gasteiger charge is -2.41. The van der Waals surface area contributed by atoms with E-state index in [1.165, 1.54) is 7.11 Å². The zero-order valence-electron chi connectivity index (χ0n) is 13.4. The minimum absolute atomic E-state index is 0.0680. The van der Waals surface area contributed by atoms with E-state index >= 15 is 0 Å². The Morgan fingerprint density at radius 1 is 1.50 bits per heavy atom. The lowest BCUT2D eigenvalue weighted by atomic mass is 9.77. The highest BCUT2D eigenvalue weighted by Crippen LogP contribution is 2.31. The summed E-state index contributed by atoms with van der Waals surface area (Å²) in [6, 6.07) is 5.11. The number of carbonyl (C=O) groups excluding carboxylic acids is 1. The highest BCUT2D eigenvalue weighted by Gasteiger charge is 2.39. The Bertz CT molecular complexity index is 854. The number of ether oxygens (including phenoxy) is 1. The molecule has 1 aliphatic rings. The minimum atomic E-state index is -0.716. The van der Waals surface area contributed by atoms with E-state index in [0.29, 0.717) is 23.6 Å². The molecular weight excluding hydrogens is 378 g/mol. The second-order valence-corrected chi connectivity index (χ2v) is 7.25. The van der Waals surface area contributed by atoms with E-state index in [-0.39, 0.29) is 29.9 Å². The molecule has 0 spiro atoms. The number of carbonyl (C=O) groups is 1. The van der Waals surface area contributed by atoms with Crippen LogP contribution in [0.15, 0.2) is 27.5 Å². The van der Waals surface area contributed by atoms with Crippen LogP contribution in [0.25, 0.3) is 10.8 Å². The highest BCUT2D eigenvalue weighted by molar-refractivity contribution is 9.10. The quantitative estimate of drug-likeness (QED) is 0.810. The van der Waals surface area contributed by atoms with Gasteiger partial charge in [-0.15, -0.1) is 5.10 Å². The molecule has 1 heterocycles. The normalized spacial score (nSPS) is 22.9. The van der Waals surface area contributed by atoms with Crippen LogP contribution in [0.1, 0.15) is 19.8 Å². The van der Waals surface area contributed by atoms with Crippen molar-refractivity contribution in [3.63, 3.8) is 0 Å².